The van der Waals surface area contributed by atoms with E-state index in [1.807, 2.05) is 0 Å². The third-order valence-corrected chi connectivity index (χ3v) is 5.03. The van der Waals surface area contributed by atoms with Gasteiger partial charge in [-0.05, 0) is 0 Å². The highest BCUT2D eigenvalue weighted by Crippen LogP contribution is 1.75. The summed E-state index contributed by atoms with van der Waals surface area (Å²) >= 11 is 0. The first-order chi connectivity index (χ1) is 22.7. The van der Waals surface area contributed by atoms with Gasteiger partial charge in [-0.15, -0.1) is 0 Å². The Morgan fingerprint density at radius 3 is 0.646 bits per heavy atom. The third kappa shape index (κ3) is 24.2. The van der Waals surface area contributed by atoms with Gasteiger partial charge in [0.15, 0.2) is 0 Å². The summed E-state index contributed by atoms with van der Waals surface area (Å²) < 4.78 is 0. The van der Waals surface area contributed by atoms with Crippen molar-refractivity contribution in [2.75, 3.05) is 78.5 Å². The molecule has 0 aromatic heterocycles. The Hall–Kier alpha value is -6.20. The lowest BCUT2D eigenvalue weighted by Gasteiger charge is -2.10. The fourth-order valence-corrected chi connectivity index (χ4v) is 2.64. The smallest absolute Gasteiger partial charge is 0.239 e. The lowest BCUT2D eigenvalue weighted by molar-refractivity contribution is -0.130. The van der Waals surface area contributed by atoms with Crippen LogP contribution >= 0.6 is 0 Å². The molecule has 0 unspecified atom stereocenters. The van der Waals surface area contributed by atoms with Gasteiger partial charge in [0.05, 0.1) is 78.5 Å². The molecule has 13 N–H and O–H groups in total. The minimum atomic E-state index is -0.784. The zero-order valence-corrected chi connectivity index (χ0v) is 25.5. The molecule has 0 spiro atoms. The van der Waals surface area contributed by atoms with Crippen LogP contribution in [0.25, 0.3) is 0 Å². The molecular weight excluding hydrogens is 648 g/mol. The molecule has 0 aromatic rings. The van der Waals surface area contributed by atoms with Crippen LogP contribution in [0.3, 0.4) is 0 Å². The molecule has 0 heterocycles. The number of carbonyl (C=O) groups is 12. The quantitative estimate of drug-likeness (QED) is 0.0445. The van der Waals surface area contributed by atoms with Gasteiger partial charge in [-0.2, -0.15) is 0 Å². The Morgan fingerprint density at radius 2 is 0.479 bits per heavy atom. The zero-order valence-electron chi connectivity index (χ0n) is 25.5. The molecule has 0 saturated carbocycles. The second-order valence-electron chi connectivity index (χ2n) is 8.94. The highest BCUT2D eigenvalue weighted by atomic mass is 16.2. The Kier molecular flexibility index (Phi) is 21.8. The van der Waals surface area contributed by atoms with Crippen LogP contribution in [0.2, 0.25) is 0 Å². The highest BCUT2D eigenvalue weighted by molar-refractivity contribution is 5.94. The molecule has 0 bridgehead atoms. The molecule has 0 aromatic carbocycles. The molecule has 0 aliphatic heterocycles. The minimum Gasteiger partial charge on any atom is -0.348 e. The second-order valence-corrected chi connectivity index (χ2v) is 8.94. The molecule has 0 atom stereocenters. The monoisotopic (exact) mass is 686 g/mol. The van der Waals surface area contributed by atoms with Gasteiger partial charge in [0.2, 0.25) is 65.0 Å². The van der Waals surface area contributed by atoms with Crippen LogP contribution in [0, 0.1) is 0 Å². The van der Waals surface area contributed by atoms with Crippen molar-refractivity contribution in [2.45, 2.75) is 0 Å². The van der Waals surface area contributed by atoms with Crippen molar-refractivity contribution < 1.29 is 57.5 Å². The fourth-order valence-electron chi connectivity index (χ4n) is 2.64. The summed E-state index contributed by atoms with van der Waals surface area (Å²) in [5, 5.41) is 24.0. The van der Waals surface area contributed by atoms with Gasteiger partial charge < -0.3 is 69.0 Å². The van der Waals surface area contributed by atoms with Crippen LogP contribution in [0.5, 0.6) is 0 Å². The van der Waals surface area contributed by atoms with Crippen molar-refractivity contribution in [3.05, 3.63) is 0 Å². The average Bonchev–Trinajstić information content (AvgIpc) is 3.07. The Morgan fingerprint density at radius 1 is 0.312 bits per heavy atom. The molecule has 266 valence electrons. The average molecular weight is 687 g/mol. The van der Waals surface area contributed by atoms with Crippen LogP contribution in [-0.2, 0) is 57.5 Å². The van der Waals surface area contributed by atoms with E-state index in [0.717, 1.165) is 0 Å². The number of nitrogens with two attached hydrogens (primary N) is 1. The number of nitrogens with one attached hydrogen (secondary N) is 11. The van der Waals surface area contributed by atoms with E-state index in [4.69, 9.17) is 5.73 Å². The summed E-state index contributed by atoms with van der Waals surface area (Å²) in [6.07, 6.45) is 0.458. The van der Waals surface area contributed by atoms with Gasteiger partial charge in [-0.1, -0.05) is 0 Å². The van der Waals surface area contributed by atoms with Crippen molar-refractivity contribution >= 4 is 71.3 Å². The van der Waals surface area contributed by atoms with Crippen molar-refractivity contribution in [1.82, 2.24) is 58.5 Å². The first-order valence-electron chi connectivity index (χ1n) is 13.8. The number of aldehydes is 1. The predicted molar refractivity (Wildman–Crippen MR) is 158 cm³/mol. The number of amides is 11. The zero-order chi connectivity index (χ0) is 36.3. The molecule has 24 heteroatoms. The van der Waals surface area contributed by atoms with Gasteiger partial charge in [-0.25, -0.2) is 0 Å². The molecule has 0 fully saturated rings. The Bertz CT molecular complexity index is 1230. The molecule has 48 heavy (non-hydrogen) atoms. The van der Waals surface area contributed by atoms with E-state index in [1.54, 1.807) is 0 Å². The molecule has 11 amide bonds. The lowest BCUT2D eigenvalue weighted by Crippen LogP contribution is -2.47. The van der Waals surface area contributed by atoms with E-state index in [1.165, 1.54) is 0 Å². The van der Waals surface area contributed by atoms with Crippen molar-refractivity contribution in [2.24, 2.45) is 5.73 Å². The maximum atomic E-state index is 11.8. The SMILES string of the molecule is NCC(=O)NCC(=O)NCC(=O)NCC(=O)NCC(=O)NCC(=O)NCC(=O)NCC(=O)NCC(=O)NCC(=O)NCC(=O)NCC=O. The highest BCUT2D eigenvalue weighted by Gasteiger charge is 2.13. The van der Waals surface area contributed by atoms with Crippen molar-refractivity contribution in [3.63, 3.8) is 0 Å². The summed E-state index contributed by atoms with van der Waals surface area (Å²) in [5.41, 5.74) is 5.06. The van der Waals surface area contributed by atoms with E-state index < -0.39 is 130 Å². The van der Waals surface area contributed by atoms with Crippen LogP contribution < -0.4 is 64.2 Å². The standard InChI is InChI=1S/C24H38N12O12/c25-3-14(38)27-5-16(40)29-7-18(42)31-9-20(44)33-11-22(46)35-13-24(48)36-12-23(47)34-10-21(45)32-8-19(43)30-6-17(41)28-4-15(39)26-1-2-37/h2H,1,3-13,25H2,(H,26,39)(H,27,38)(H,28,41)(H,29,40)(H,30,43)(H,31,42)(H,32,45)(H,33,44)(H,34,47)(H,35,46)(H,36,48). The summed E-state index contributed by atoms with van der Waals surface area (Å²) in [5.74, 6) is -7.89. The van der Waals surface area contributed by atoms with Crippen LogP contribution in [0.1, 0.15) is 0 Å². The van der Waals surface area contributed by atoms with Crippen molar-refractivity contribution in [1.29, 1.82) is 0 Å². The van der Waals surface area contributed by atoms with E-state index in [0.29, 0.717) is 6.29 Å². The van der Waals surface area contributed by atoms with Crippen LogP contribution in [0.15, 0.2) is 0 Å². The van der Waals surface area contributed by atoms with E-state index >= 15 is 0 Å². The summed E-state index contributed by atoms with van der Waals surface area (Å²) in [4.78, 5) is 138. The molecule has 0 rings (SSSR count). The van der Waals surface area contributed by atoms with E-state index in [2.05, 4.69) is 58.5 Å². The van der Waals surface area contributed by atoms with Gasteiger partial charge in [0.25, 0.3) is 0 Å². The maximum Gasteiger partial charge on any atom is 0.239 e. The van der Waals surface area contributed by atoms with Crippen LogP contribution in [-0.4, -0.2) is 150 Å². The predicted octanol–water partition coefficient (Wildman–Crippen LogP) is -10.6. The fraction of sp³-hybridized carbons (Fsp3) is 0.500. The third-order valence-electron chi connectivity index (χ3n) is 5.03. The summed E-state index contributed by atoms with van der Waals surface area (Å²) in [6, 6.07) is 0. The number of carbonyl (C=O) groups excluding carboxylic acids is 12. The molecule has 24 nitrogen and oxygen atoms in total. The van der Waals surface area contributed by atoms with E-state index in [9.17, 15) is 57.5 Å². The largest absolute Gasteiger partial charge is 0.348 e. The summed E-state index contributed by atoms with van der Waals surface area (Å²) in [7, 11) is 0. The number of hydrogen-bond acceptors (Lipinski definition) is 13. The van der Waals surface area contributed by atoms with E-state index in [-0.39, 0.29) is 13.1 Å². The van der Waals surface area contributed by atoms with Gasteiger partial charge in [0, 0.05) is 0 Å². The minimum absolute atomic E-state index is 0.215. The van der Waals surface area contributed by atoms with Gasteiger partial charge in [-0.3, -0.25) is 52.7 Å². The van der Waals surface area contributed by atoms with Crippen LogP contribution in [0.4, 0.5) is 0 Å². The molecule has 0 aliphatic carbocycles. The van der Waals surface area contributed by atoms with Gasteiger partial charge in [0.1, 0.15) is 6.29 Å². The Balaban J connectivity index is 3.98. The molecular formula is C24H38N12O12. The topological polar surface area (TPSA) is 363 Å². The number of hydrogen-bond donors (Lipinski definition) is 12. The Labute approximate surface area is 271 Å². The molecule has 0 radical (unpaired) electrons. The first-order valence-corrected chi connectivity index (χ1v) is 13.8. The van der Waals surface area contributed by atoms with Gasteiger partial charge >= 0.3 is 0 Å². The normalized spacial score (nSPS) is 9.69. The second kappa shape index (κ2) is 25.0. The number of rotatable bonds is 23. The maximum absolute atomic E-state index is 11.8. The van der Waals surface area contributed by atoms with Crippen molar-refractivity contribution in [3.8, 4) is 0 Å². The molecule has 0 saturated heterocycles. The molecule has 0 aliphatic rings. The first kappa shape index (κ1) is 41.8. The lowest BCUT2D eigenvalue weighted by atomic mass is 10.4. The summed E-state index contributed by atoms with van der Waals surface area (Å²) in [6.45, 7) is -5.61.